The van der Waals surface area contributed by atoms with Gasteiger partial charge >= 0.3 is 0 Å². The van der Waals surface area contributed by atoms with Crippen LogP contribution < -0.4 is 24.4 Å². The van der Waals surface area contributed by atoms with Crippen molar-refractivity contribution in [2.45, 2.75) is 27.2 Å². The highest BCUT2D eigenvalue weighted by Crippen LogP contribution is 2.38. The number of carbonyl (C=O) groups is 2. The first-order valence-electron chi connectivity index (χ1n) is 9.69. The minimum atomic E-state index is -0.621. The number of carbonyl (C=O) groups excluding carboxylic acids is 2. The molecule has 0 aliphatic carbocycles. The lowest BCUT2D eigenvalue weighted by Gasteiger charge is -2.27. The second-order valence-corrected chi connectivity index (χ2v) is 7.83. The molecule has 0 unspecified atom stereocenters. The van der Waals surface area contributed by atoms with Gasteiger partial charge in [-0.15, -0.1) is 0 Å². The molecule has 0 aromatic heterocycles. The fraction of sp³-hybridized carbons (Fsp3) is 0.364. The fourth-order valence-corrected chi connectivity index (χ4v) is 3.41. The molecule has 2 amide bonds. The van der Waals surface area contributed by atoms with E-state index in [9.17, 15) is 9.59 Å². The molecule has 0 spiro atoms. The summed E-state index contributed by atoms with van der Waals surface area (Å²) in [6, 6.07) is 10.4. The number of hydrogen-bond acceptors (Lipinski definition) is 5. The van der Waals surface area contributed by atoms with Crippen LogP contribution in [0.2, 0.25) is 0 Å². The molecule has 2 aromatic carbocycles. The van der Waals surface area contributed by atoms with Crippen molar-refractivity contribution in [2.75, 3.05) is 30.2 Å². The SMILES string of the molecule is CCCN1C(=O)C(C)(C)COc2cc(NC(=O)c3ccc4c(c3)OCO4)ccc21. The van der Waals surface area contributed by atoms with Crippen LogP contribution in [0.1, 0.15) is 37.6 Å². The Bertz CT molecular complexity index is 970. The van der Waals surface area contributed by atoms with E-state index in [4.69, 9.17) is 14.2 Å². The van der Waals surface area contributed by atoms with Gasteiger partial charge in [-0.2, -0.15) is 0 Å². The zero-order valence-corrected chi connectivity index (χ0v) is 16.8. The molecule has 0 saturated carbocycles. The van der Waals surface area contributed by atoms with E-state index >= 15 is 0 Å². The number of rotatable bonds is 4. The van der Waals surface area contributed by atoms with Gasteiger partial charge in [0.1, 0.15) is 12.4 Å². The number of anilines is 2. The molecule has 2 aliphatic heterocycles. The molecule has 7 heteroatoms. The lowest BCUT2D eigenvalue weighted by atomic mass is 9.93. The predicted molar refractivity (Wildman–Crippen MR) is 109 cm³/mol. The molecule has 0 saturated heterocycles. The van der Waals surface area contributed by atoms with Gasteiger partial charge in [0.05, 0.1) is 11.1 Å². The number of hydrogen-bond donors (Lipinski definition) is 1. The first-order chi connectivity index (χ1) is 13.9. The van der Waals surface area contributed by atoms with E-state index in [-0.39, 0.29) is 25.2 Å². The third-order valence-electron chi connectivity index (χ3n) is 5.00. The van der Waals surface area contributed by atoms with Gasteiger partial charge in [0.2, 0.25) is 12.7 Å². The van der Waals surface area contributed by atoms with Crippen molar-refractivity contribution in [1.82, 2.24) is 0 Å². The minimum absolute atomic E-state index is 0.0373. The Morgan fingerprint density at radius 1 is 1.07 bits per heavy atom. The van der Waals surface area contributed by atoms with Crippen molar-refractivity contribution in [3.8, 4) is 17.2 Å². The summed E-state index contributed by atoms with van der Waals surface area (Å²) in [7, 11) is 0. The summed E-state index contributed by atoms with van der Waals surface area (Å²) in [6.45, 7) is 6.84. The summed E-state index contributed by atoms with van der Waals surface area (Å²) in [5.74, 6) is 1.54. The van der Waals surface area contributed by atoms with Gasteiger partial charge in [0, 0.05) is 23.9 Å². The highest BCUT2D eigenvalue weighted by atomic mass is 16.7. The number of nitrogens with one attached hydrogen (secondary N) is 1. The van der Waals surface area contributed by atoms with Crippen LogP contribution in [0.25, 0.3) is 0 Å². The van der Waals surface area contributed by atoms with Gasteiger partial charge in [0.15, 0.2) is 11.5 Å². The van der Waals surface area contributed by atoms with Crippen LogP contribution in [0.3, 0.4) is 0 Å². The molecule has 2 aliphatic rings. The average molecular weight is 396 g/mol. The molecule has 0 bridgehead atoms. The van der Waals surface area contributed by atoms with Crippen LogP contribution >= 0.6 is 0 Å². The maximum Gasteiger partial charge on any atom is 0.255 e. The van der Waals surface area contributed by atoms with Crippen molar-refractivity contribution >= 4 is 23.2 Å². The van der Waals surface area contributed by atoms with Gasteiger partial charge < -0.3 is 24.4 Å². The quantitative estimate of drug-likeness (QED) is 0.850. The van der Waals surface area contributed by atoms with E-state index in [1.165, 1.54) is 0 Å². The van der Waals surface area contributed by atoms with Crippen LogP contribution in [0, 0.1) is 5.41 Å². The van der Waals surface area contributed by atoms with E-state index in [2.05, 4.69) is 5.32 Å². The van der Waals surface area contributed by atoms with Crippen molar-refractivity contribution < 1.29 is 23.8 Å². The van der Waals surface area contributed by atoms with Crippen molar-refractivity contribution in [3.05, 3.63) is 42.0 Å². The fourth-order valence-electron chi connectivity index (χ4n) is 3.41. The minimum Gasteiger partial charge on any atom is -0.490 e. The smallest absolute Gasteiger partial charge is 0.255 e. The maximum atomic E-state index is 12.9. The molecular formula is C22H24N2O5. The Morgan fingerprint density at radius 3 is 2.66 bits per heavy atom. The molecular weight excluding hydrogens is 372 g/mol. The number of ether oxygens (including phenoxy) is 3. The van der Waals surface area contributed by atoms with Gasteiger partial charge in [-0.05, 0) is 50.6 Å². The molecule has 0 atom stereocenters. The summed E-state index contributed by atoms with van der Waals surface area (Å²) in [5, 5.41) is 2.88. The van der Waals surface area contributed by atoms with E-state index in [1.54, 1.807) is 35.2 Å². The Balaban J connectivity index is 1.59. The van der Waals surface area contributed by atoms with E-state index in [1.807, 2.05) is 26.8 Å². The van der Waals surface area contributed by atoms with Crippen molar-refractivity contribution in [1.29, 1.82) is 0 Å². The molecule has 0 fully saturated rings. The average Bonchev–Trinajstić information content (AvgIpc) is 3.15. The predicted octanol–water partition coefficient (Wildman–Crippen LogP) is 3.83. The third kappa shape index (κ3) is 3.60. The van der Waals surface area contributed by atoms with E-state index < -0.39 is 5.41 Å². The number of fused-ring (bicyclic) bond motifs is 2. The first-order valence-corrected chi connectivity index (χ1v) is 9.69. The summed E-state index contributed by atoms with van der Waals surface area (Å²) in [5.41, 5.74) is 1.16. The Kier molecular flexibility index (Phi) is 4.82. The van der Waals surface area contributed by atoms with Crippen LogP contribution in [-0.2, 0) is 4.79 Å². The summed E-state index contributed by atoms with van der Waals surface area (Å²) in [6.07, 6.45) is 0.837. The lowest BCUT2D eigenvalue weighted by Crippen LogP contribution is -2.42. The summed E-state index contributed by atoms with van der Waals surface area (Å²) < 4.78 is 16.6. The zero-order valence-electron chi connectivity index (χ0n) is 16.8. The number of nitrogens with zero attached hydrogens (tertiary/aromatic N) is 1. The topological polar surface area (TPSA) is 77.1 Å². The van der Waals surface area contributed by atoms with Crippen molar-refractivity contribution in [3.63, 3.8) is 0 Å². The summed E-state index contributed by atoms with van der Waals surface area (Å²) in [4.78, 5) is 27.3. The van der Waals surface area contributed by atoms with E-state index in [0.29, 0.717) is 35.0 Å². The molecule has 2 aromatic rings. The molecule has 0 radical (unpaired) electrons. The molecule has 4 rings (SSSR count). The Morgan fingerprint density at radius 2 is 1.86 bits per heavy atom. The zero-order chi connectivity index (χ0) is 20.6. The number of amides is 2. The normalized spacial score (nSPS) is 16.7. The van der Waals surface area contributed by atoms with Crippen LogP contribution in [0.4, 0.5) is 11.4 Å². The molecule has 7 nitrogen and oxygen atoms in total. The van der Waals surface area contributed by atoms with Crippen LogP contribution in [0.5, 0.6) is 17.2 Å². The van der Waals surface area contributed by atoms with Gasteiger partial charge in [0.25, 0.3) is 5.91 Å². The Labute approximate surface area is 169 Å². The van der Waals surface area contributed by atoms with Crippen LogP contribution in [0.15, 0.2) is 36.4 Å². The van der Waals surface area contributed by atoms with Gasteiger partial charge in [-0.3, -0.25) is 9.59 Å². The van der Waals surface area contributed by atoms with Crippen LogP contribution in [-0.4, -0.2) is 31.8 Å². The molecule has 1 N–H and O–H groups in total. The molecule has 29 heavy (non-hydrogen) atoms. The standard InChI is InChI=1S/C22H24N2O5/c1-4-9-24-16-7-6-15(11-18(16)27-12-22(2,3)21(24)26)23-20(25)14-5-8-17-19(10-14)29-13-28-17/h5-8,10-11H,4,9,12-13H2,1-3H3,(H,23,25). The highest BCUT2D eigenvalue weighted by Gasteiger charge is 2.37. The number of benzene rings is 2. The molecule has 152 valence electrons. The first kappa shape index (κ1) is 19.1. The third-order valence-corrected chi connectivity index (χ3v) is 5.00. The maximum absolute atomic E-state index is 12.9. The van der Waals surface area contributed by atoms with Gasteiger partial charge in [-0.25, -0.2) is 0 Å². The largest absolute Gasteiger partial charge is 0.490 e. The second-order valence-electron chi connectivity index (χ2n) is 7.83. The van der Waals surface area contributed by atoms with E-state index in [0.717, 1.165) is 12.1 Å². The lowest BCUT2D eigenvalue weighted by molar-refractivity contribution is -0.127. The summed E-state index contributed by atoms with van der Waals surface area (Å²) >= 11 is 0. The van der Waals surface area contributed by atoms with Gasteiger partial charge in [-0.1, -0.05) is 6.92 Å². The monoisotopic (exact) mass is 396 g/mol. The molecule has 2 heterocycles. The Hall–Kier alpha value is -3.22. The van der Waals surface area contributed by atoms with Crippen molar-refractivity contribution in [2.24, 2.45) is 5.41 Å². The second kappa shape index (κ2) is 7.31. The highest BCUT2D eigenvalue weighted by molar-refractivity contribution is 6.05.